The van der Waals surface area contributed by atoms with Crippen molar-refractivity contribution in [2.24, 2.45) is 10.8 Å². The van der Waals surface area contributed by atoms with Crippen LogP contribution in [0.1, 0.15) is 34.2 Å². The number of benzene rings is 3. The summed E-state index contributed by atoms with van der Waals surface area (Å²) in [6.45, 7) is 1.83. The number of aryl methyl sites for hydroxylation is 1. The predicted molar refractivity (Wildman–Crippen MR) is 152 cm³/mol. The molecule has 0 spiro atoms. The SMILES string of the molecule is COc1cccc(C(N)C(F)CC2(c3ccccc3)SC(c3cc(OC)ccc3F)=NN2c2nnc(C)s2)c1. The second kappa shape index (κ2) is 11.3. The second-order valence-corrected chi connectivity index (χ2v) is 11.4. The molecule has 5 rings (SSSR count). The minimum absolute atomic E-state index is 0.0722. The summed E-state index contributed by atoms with van der Waals surface area (Å²) in [6.07, 6.45) is -1.58. The van der Waals surface area contributed by atoms with Crippen LogP contribution in [0.25, 0.3) is 0 Å². The molecule has 0 saturated carbocycles. The normalized spacial score (nSPS) is 18.5. The molecule has 39 heavy (non-hydrogen) atoms. The third-order valence-corrected chi connectivity index (χ3v) is 8.69. The molecule has 2 N–H and O–H groups in total. The molecule has 3 unspecified atom stereocenters. The van der Waals surface area contributed by atoms with Gasteiger partial charge in [-0.15, -0.1) is 10.2 Å². The zero-order chi connectivity index (χ0) is 27.6. The average Bonchev–Trinajstić information content (AvgIpc) is 3.57. The smallest absolute Gasteiger partial charge is 0.230 e. The first kappa shape index (κ1) is 27.0. The highest BCUT2D eigenvalue weighted by molar-refractivity contribution is 8.15. The lowest BCUT2D eigenvalue weighted by atomic mass is 9.93. The van der Waals surface area contributed by atoms with E-state index in [-0.39, 0.29) is 12.0 Å². The van der Waals surface area contributed by atoms with Crippen molar-refractivity contribution >= 4 is 33.3 Å². The van der Waals surface area contributed by atoms with Gasteiger partial charge in [0.05, 0.1) is 20.3 Å². The van der Waals surface area contributed by atoms with Crippen LogP contribution in [0, 0.1) is 12.7 Å². The fourth-order valence-corrected chi connectivity index (χ4v) is 6.63. The zero-order valence-corrected chi connectivity index (χ0v) is 23.2. The Bertz CT molecular complexity index is 1490. The Balaban J connectivity index is 1.62. The molecule has 202 valence electrons. The number of halogens is 2. The molecule has 11 heteroatoms. The Morgan fingerprint density at radius 1 is 0.974 bits per heavy atom. The molecule has 1 aliphatic heterocycles. The van der Waals surface area contributed by atoms with Crippen molar-refractivity contribution in [3.05, 3.63) is 100 Å². The molecule has 0 bridgehead atoms. The van der Waals surface area contributed by atoms with Gasteiger partial charge in [-0.25, -0.2) is 13.8 Å². The van der Waals surface area contributed by atoms with E-state index >= 15 is 8.78 Å². The number of alkyl halides is 1. The first-order chi connectivity index (χ1) is 18.8. The van der Waals surface area contributed by atoms with Gasteiger partial charge in [-0.1, -0.05) is 65.6 Å². The summed E-state index contributed by atoms with van der Waals surface area (Å²) in [5, 5.41) is 16.5. The maximum absolute atomic E-state index is 16.3. The summed E-state index contributed by atoms with van der Waals surface area (Å²) in [6, 6.07) is 20.0. The lowest BCUT2D eigenvalue weighted by Gasteiger charge is -2.37. The number of aromatic nitrogens is 2. The summed E-state index contributed by atoms with van der Waals surface area (Å²) in [7, 11) is 3.06. The monoisotopic (exact) mass is 567 g/mol. The summed E-state index contributed by atoms with van der Waals surface area (Å²) < 4.78 is 42.1. The van der Waals surface area contributed by atoms with E-state index in [1.807, 2.05) is 37.3 Å². The van der Waals surface area contributed by atoms with Gasteiger partial charge in [-0.3, -0.25) is 0 Å². The van der Waals surface area contributed by atoms with E-state index in [9.17, 15) is 0 Å². The molecule has 0 radical (unpaired) electrons. The van der Waals surface area contributed by atoms with Crippen molar-refractivity contribution in [3.63, 3.8) is 0 Å². The molecule has 0 saturated heterocycles. The fraction of sp³-hybridized carbons (Fsp3) is 0.250. The molecule has 7 nitrogen and oxygen atoms in total. The van der Waals surface area contributed by atoms with Crippen LogP contribution in [0.3, 0.4) is 0 Å². The topological polar surface area (TPSA) is 85.9 Å². The summed E-state index contributed by atoms with van der Waals surface area (Å²) in [5.74, 6) is 0.603. The van der Waals surface area contributed by atoms with Gasteiger partial charge in [0.2, 0.25) is 5.13 Å². The van der Waals surface area contributed by atoms with Crippen LogP contribution in [0.2, 0.25) is 0 Å². The number of hydrogen-bond acceptors (Lipinski definition) is 9. The number of nitrogens with two attached hydrogens (primary N) is 1. The third kappa shape index (κ3) is 5.34. The molecule has 1 aliphatic rings. The minimum Gasteiger partial charge on any atom is -0.497 e. The number of hydrazone groups is 1. The van der Waals surface area contributed by atoms with E-state index in [2.05, 4.69) is 10.2 Å². The number of anilines is 1. The van der Waals surface area contributed by atoms with Crippen LogP contribution in [0.5, 0.6) is 11.5 Å². The first-order valence-corrected chi connectivity index (χ1v) is 13.8. The number of hydrogen-bond donors (Lipinski definition) is 1. The molecule has 4 aromatic rings. The molecular weight excluding hydrogens is 540 g/mol. The van der Waals surface area contributed by atoms with E-state index in [1.54, 1.807) is 48.5 Å². The molecule has 3 atom stereocenters. The summed E-state index contributed by atoms with van der Waals surface area (Å²) in [4.78, 5) is -1.13. The zero-order valence-electron chi connectivity index (χ0n) is 21.5. The maximum atomic E-state index is 16.3. The van der Waals surface area contributed by atoms with Gasteiger partial charge in [0.1, 0.15) is 38.4 Å². The number of methoxy groups -OCH3 is 2. The Kier molecular flexibility index (Phi) is 7.83. The average molecular weight is 568 g/mol. The van der Waals surface area contributed by atoms with Crippen LogP contribution < -0.4 is 20.2 Å². The quantitative estimate of drug-likeness (QED) is 0.258. The highest BCUT2D eigenvalue weighted by Crippen LogP contribution is 2.54. The Hall–Kier alpha value is -3.54. The molecule has 0 aliphatic carbocycles. The predicted octanol–water partition coefficient (Wildman–Crippen LogP) is 6.20. The van der Waals surface area contributed by atoms with Gasteiger partial charge in [-0.05, 0) is 48.4 Å². The third-order valence-electron chi connectivity index (χ3n) is 6.46. The Morgan fingerprint density at radius 3 is 2.41 bits per heavy atom. The van der Waals surface area contributed by atoms with Crippen molar-refractivity contribution in [1.82, 2.24) is 10.2 Å². The van der Waals surface area contributed by atoms with E-state index in [1.165, 1.54) is 36.3 Å². The second-order valence-electron chi connectivity index (χ2n) is 8.94. The molecule has 2 heterocycles. The van der Waals surface area contributed by atoms with E-state index in [0.29, 0.717) is 27.2 Å². The molecule has 0 fully saturated rings. The number of ether oxygens (including phenoxy) is 2. The van der Waals surface area contributed by atoms with Crippen molar-refractivity contribution in [2.45, 2.75) is 30.4 Å². The largest absolute Gasteiger partial charge is 0.497 e. The number of rotatable bonds is 9. The lowest BCUT2D eigenvalue weighted by molar-refractivity contribution is 0.240. The summed E-state index contributed by atoms with van der Waals surface area (Å²) in [5.41, 5.74) is 8.09. The van der Waals surface area contributed by atoms with Crippen molar-refractivity contribution in [2.75, 3.05) is 19.2 Å². The lowest BCUT2D eigenvalue weighted by Crippen LogP contribution is -2.42. The van der Waals surface area contributed by atoms with Crippen LogP contribution in [0.15, 0.2) is 77.9 Å². The van der Waals surface area contributed by atoms with Gasteiger partial charge in [0.15, 0.2) is 0 Å². The molecule has 3 aromatic carbocycles. The fourth-order valence-electron chi connectivity index (χ4n) is 4.44. The van der Waals surface area contributed by atoms with E-state index in [0.717, 1.165) is 10.6 Å². The molecular formula is C28H27F2N5O2S2. The molecule has 1 aromatic heterocycles. The van der Waals surface area contributed by atoms with Gasteiger partial charge >= 0.3 is 0 Å². The summed E-state index contributed by atoms with van der Waals surface area (Å²) >= 11 is 2.58. The van der Waals surface area contributed by atoms with Gasteiger partial charge in [0.25, 0.3) is 0 Å². The van der Waals surface area contributed by atoms with Crippen LogP contribution >= 0.6 is 23.1 Å². The van der Waals surface area contributed by atoms with Crippen molar-refractivity contribution in [3.8, 4) is 11.5 Å². The standard InChI is InChI=1S/C28H27F2N5O2S2/c1-17-32-33-27(38-17)35-28(19-9-5-4-6-10-19,16-24(30)25(31)18-8-7-11-20(14-18)36-2)39-26(34-35)22-15-21(37-3)12-13-23(22)29/h4-15,24-25H,16,31H2,1-3H3. The van der Waals surface area contributed by atoms with E-state index in [4.69, 9.17) is 20.3 Å². The highest BCUT2D eigenvalue weighted by Gasteiger charge is 2.50. The number of thioether (sulfide) groups is 1. The number of nitrogens with zero attached hydrogens (tertiary/aromatic N) is 4. The first-order valence-electron chi connectivity index (χ1n) is 12.2. The van der Waals surface area contributed by atoms with Gasteiger partial charge in [-0.2, -0.15) is 5.10 Å². The maximum Gasteiger partial charge on any atom is 0.230 e. The van der Waals surface area contributed by atoms with Crippen LogP contribution in [0.4, 0.5) is 13.9 Å². The van der Waals surface area contributed by atoms with Crippen molar-refractivity contribution < 1.29 is 18.3 Å². The van der Waals surface area contributed by atoms with Crippen LogP contribution in [-0.4, -0.2) is 35.6 Å². The van der Waals surface area contributed by atoms with Gasteiger partial charge < -0.3 is 15.2 Å². The van der Waals surface area contributed by atoms with Crippen molar-refractivity contribution in [1.29, 1.82) is 0 Å². The Morgan fingerprint density at radius 2 is 1.72 bits per heavy atom. The molecule has 0 amide bonds. The van der Waals surface area contributed by atoms with Gasteiger partial charge in [0, 0.05) is 12.0 Å². The Labute approximate surface area is 233 Å². The van der Waals surface area contributed by atoms with E-state index < -0.39 is 22.9 Å². The minimum atomic E-state index is -1.51. The highest BCUT2D eigenvalue weighted by atomic mass is 32.2. The van der Waals surface area contributed by atoms with Crippen LogP contribution in [-0.2, 0) is 4.87 Å².